The number of carbonyl (C=O) groups is 1. The zero-order chi connectivity index (χ0) is 34.2. The minimum Gasteiger partial charge on any atom is -0.394 e. The molecule has 20 heteroatoms. The minimum atomic E-state index is -1.94. The number of ether oxygens (including phenoxy) is 7. The number of hydrogen-bond acceptors (Lipinski definition) is 19. The fraction of sp³-hybridized carbons (Fsp3) is 0.962. The van der Waals surface area contributed by atoms with E-state index in [0.717, 1.165) is 6.92 Å². The third kappa shape index (κ3) is 7.64. The molecular formula is C26H45NO19. The van der Waals surface area contributed by atoms with Gasteiger partial charge in [-0.1, -0.05) is 0 Å². The van der Waals surface area contributed by atoms with Crippen LogP contribution < -0.4 is 5.32 Å². The number of aliphatic hydroxyl groups excluding tert-OH is 11. The van der Waals surface area contributed by atoms with Gasteiger partial charge in [0.2, 0.25) is 5.91 Å². The smallest absolute Gasteiger partial charge is 0.217 e. The molecule has 20 atom stereocenters. The van der Waals surface area contributed by atoms with Crippen LogP contribution in [0.15, 0.2) is 0 Å². The van der Waals surface area contributed by atoms with E-state index in [2.05, 4.69) is 5.32 Å². The Kier molecular flexibility index (Phi) is 12.7. The van der Waals surface area contributed by atoms with Crippen molar-refractivity contribution in [2.24, 2.45) is 0 Å². The van der Waals surface area contributed by atoms with Gasteiger partial charge in [-0.2, -0.15) is 0 Å². The molecule has 0 saturated carbocycles. The summed E-state index contributed by atoms with van der Waals surface area (Å²) in [5, 5.41) is 117. The van der Waals surface area contributed by atoms with Gasteiger partial charge in [0.25, 0.3) is 0 Å². The average Bonchev–Trinajstić information content (AvgIpc) is 3.01. The zero-order valence-corrected chi connectivity index (χ0v) is 25.1. The summed E-state index contributed by atoms with van der Waals surface area (Å²) in [5.74, 6) is -0.694. The Morgan fingerprint density at radius 3 is 1.67 bits per heavy atom. The van der Waals surface area contributed by atoms with Crippen molar-refractivity contribution in [1.82, 2.24) is 5.32 Å². The molecule has 0 radical (unpaired) electrons. The Balaban J connectivity index is 1.71. The van der Waals surface area contributed by atoms with E-state index in [4.69, 9.17) is 33.2 Å². The number of carbonyl (C=O) groups excluding carboxylic acids is 1. The predicted octanol–water partition coefficient (Wildman–Crippen LogP) is -7.55. The second-order valence-corrected chi connectivity index (χ2v) is 11.8. The molecule has 46 heavy (non-hydrogen) atoms. The lowest BCUT2D eigenvalue weighted by Crippen LogP contribution is -2.69. The summed E-state index contributed by atoms with van der Waals surface area (Å²) >= 11 is 0. The first-order valence-electron chi connectivity index (χ1n) is 14.8. The normalized spacial score (nSPS) is 51.9. The van der Waals surface area contributed by atoms with Gasteiger partial charge in [0, 0.05) is 6.92 Å². The molecule has 4 fully saturated rings. The number of amides is 1. The fourth-order valence-electron chi connectivity index (χ4n) is 5.79. The molecule has 268 valence electrons. The molecule has 12 N–H and O–H groups in total. The van der Waals surface area contributed by atoms with E-state index in [9.17, 15) is 61.0 Å². The van der Waals surface area contributed by atoms with E-state index in [-0.39, 0.29) is 0 Å². The topological polar surface area (TPSA) is 316 Å². The van der Waals surface area contributed by atoms with E-state index >= 15 is 0 Å². The highest BCUT2D eigenvalue weighted by Gasteiger charge is 2.56. The number of rotatable bonds is 9. The minimum absolute atomic E-state index is 0.694. The third-order valence-electron chi connectivity index (χ3n) is 8.53. The fourth-order valence-corrected chi connectivity index (χ4v) is 5.79. The molecule has 1 amide bonds. The van der Waals surface area contributed by atoms with Gasteiger partial charge in [0.15, 0.2) is 25.2 Å². The zero-order valence-electron chi connectivity index (χ0n) is 25.1. The molecule has 4 saturated heterocycles. The van der Waals surface area contributed by atoms with Crippen molar-refractivity contribution in [3.63, 3.8) is 0 Å². The van der Waals surface area contributed by atoms with Crippen LogP contribution in [0.2, 0.25) is 0 Å². The lowest BCUT2D eigenvalue weighted by atomic mass is 9.95. The van der Waals surface area contributed by atoms with E-state index < -0.39 is 142 Å². The van der Waals surface area contributed by atoms with E-state index in [1.807, 2.05) is 0 Å². The van der Waals surface area contributed by atoms with Gasteiger partial charge in [0.05, 0.1) is 25.4 Å². The molecule has 4 aliphatic heterocycles. The molecule has 4 aliphatic rings. The van der Waals surface area contributed by atoms with E-state index in [0.29, 0.717) is 0 Å². The van der Waals surface area contributed by atoms with Crippen LogP contribution in [0.4, 0.5) is 0 Å². The Morgan fingerprint density at radius 1 is 0.565 bits per heavy atom. The number of hydrogen-bond donors (Lipinski definition) is 12. The lowest BCUT2D eigenvalue weighted by molar-refractivity contribution is -0.400. The SMILES string of the molecule is CC(=O)N[C@H]1C(O)[C@H](O)C(CO)O[C@H]1OC1[C@H](OC2[C@H](O)OC(C)[C@H](O)[C@@H]2O)OC(C)[C@H](O)[C@@H]1O[C@H]1O[C@@H](CO)[C@@H](O)C(O)C1O. The van der Waals surface area contributed by atoms with Crippen molar-refractivity contribution < 1.29 is 94.1 Å². The first-order valence-corrected chi connectivity index (χ1v) is 14.8. The first kappa shape index (κ1) is 37.6. The van der Waals surface area contributed by atoms with Gasteiger partial charge in [-0.25, -0.2) is 0 Å². The van der Waals surface area contributed by atoms with E-state index in [1.54, 1.807) is 0 Å². The summed E-state index contributed by atoms with van der Waals surface area (Å²) in [6.07, 6.45) is -31.4. The number of nitrogens with one attached hydrogen (secondary N) is 1. The Bertz CT molecular complexity index is 995. The standard InChI is InChI=1S/C26H45NO19/c1-6-12(31)18(37)21(23(39)40-6)45-26-22(46-24-11(27-8(3)30)16(35)14(33)9(4-28)42-24)20(13(32)7(2)41-26)44-25-19(38)17(36)15(34)10(5-29)43-25/h6-7,9-26,28-29,31-39H,4-5H2,1-3H3,(H,27,30)/t6?,7?,9?,10-,11-,12-,13-,14+,15+,16?,17?,18-,19?,20-,21?,22?,23+,24-,25+,26-/m0/s1. The predicted molar refractivity (Wildman–Crippen MR) is 143 cm³/mol. The second kappa shape index (κ2) is 15.5. The molecule has 4 rings (SSSR count). The quantitative estimate of drug-likeness (QED) is 0.108. The van der Waals surface area contributed by atoms with Crippen LogP contribution in [0.1, 0.15) is 20.8 Å². The van der Waals surface area contributed by atoms with Crippen molar-refractivity contribution in [3.05, 3.63) is 0 Å². The summed E-state index contributed by atoms with van der Waals surface area (Å²) in [4.78, 5) is 12.0. The van der Waals surface area contributed by atoms with Crippen LogP contribution in [0.3, 0.4) is 0 Å². The molecule has 0 aromatic carbocycles. The van der Waals surface area contributed by atoms with Crippen LogP contribution in [-0.4, -0.2) is 198 Å². The molecular weight excluding hydrogens is 630 g/mol. The van der Waals surface area contributed by atoms with Crippen molar-refractivity contribution in [2.75, 3.05) is 13.2 Å². The summed E-state index contributed by atoms with van der Waals surface area (Å²) in [7, 11) is 0. The second-order valence-electron chi connectivity index (χ2n) is 11.8. The van der Waals surface area contributed by atoms with Crippen molar-refractivity contribution in [2.45, 2.75) is 144 Å². The highest BCUT2D eigenvalue weighted by Crippen LogP contribution is 2.35. The first-order chi connectivity index (χ1) is 21.6. The maximum absolute atomic E-state index is 12.0. The van der Waals surface area contributed by atoms with Gasteiger partial charge in [-0.15, -0.1) is 0 Å². The van der Waals surface area contributed by atoms with Crippen molar-refractivity contribution in [1.29, 1.82) is 0 Å². The molecule has 0 aromatic rings. The Morgan fingerprint density at radius 2 is 1.09 bits per heavy atom. The highest BCUT2D eigenvalue weighted by atomic mass is 16.8. The van der Waals surface area contributed by atoms with Crippen molar-refractivity contribution >= 4 is 5.91 Å². The van der Waals surface area contributed by atoms with Crippen LogP contribution in [-0.2, 0) is 38.0 Å². The Hall–Kier alpha value is -1.25. The third-order valence-corrected chi connectivity index (χ3v) is 8.53. The van der Waals surface area contributed by atoms with Gasteiger partial charge < -0.3 is 94.6 Å². The summed E-state index contributed by atoms with van der Waals surface area (Å²) in [6, 6.07) is -1.52. The molecule has 0 aliphatic carbocycles. The van der Waals surface area contributed by atoms with Gasteiger partial charge in [0.1, 0.15) is 85.4 Å². The van der Waals surface area contributed by atoms with Gasteiger partial charge in [-0.3, -0.25) is 4.79 Å². The summed E-state index contributed by atoms with van der Waals surface area (Å²) in [5.41, 5.74) is 0. The number of aliphatic hydroxyl groups is 11. The van der Waals surface area contributed by atoms with Crippen molar-refractivity contribution in [3.8, 4) is 0 Å². The maximum Gasteiger partial charge on any atom is 0.217 e. The Labute approximate surface area is 262 Å². The van der Waals surface area contributed by atoms with Crippen LogP contribution in [0, 0.1) is 0 Å². The highest BCUT2D eigenvalue weighted by molar-refractivity contribution is 5.73. The largest absolute Gasteiger partial charge is 0.394 e. The molecule has 0 aromatic heterocycles. The summed E-state index contributed by atoms with van der Waals surface area (Å²) < 4.78 is 39.8. The van der Waals surface area contributed by atoms with Crippen LogP contribution >= 0.6 is 0 Å². The van der Waals surface area contributed by atoms with E-state index in [1.165, 1.54) is 13.8 Å². The monoisotopic (exact) mass is 675 g/mol. The van der Waals surface area contributed by atoms with Crippen LogP contribution in [0.5, 0.6) is 0 Å². The van der Waals surface area contributed by atoms with Gasteiger partial charge in [-0.05, 0) is 13.8 Å². The molecule has 0 spiro atoms. The molecule has 0 bridgehead atoms. The average molecular weight is 676 g/mol. The molecule has 8 unspecified atom stereocenters. The lowest BCUT2D eigenvalue weighted by Gasteiger charge is -2.50. The summed E-state index contributed by atoms with van der Waals surface area (Å²) in [6.45, 7) is 2.22. The molecule has 4 heterocycles. The molecule has 20 nitrogen and oxygen atoms in total. The van der Waals surface area contributed by atoms with Crippen LogP contribution in [0.25, 0.3) is 0 Å². The maximum atomic E-state index is 12.0. The van der Waals surface area contributed by atoms with Gasteiger partial charge >= 0.3 is 0 Å².